The fourth-order valence-electron chi connectivity index (χ4n) is 2.47. The number of nitrogen functional groups attached to an aromatic ring is 1. The minimum atomic E-state index is 0.428. The highest BCUT2D eigenvalue weighted by Crippen LogP contribution is 2.32. The van der Waals surface area contributed by atoms with Gasteiger partial charge in [0.15, 0.2) is 0 Å². The molecule has 18 heavy (non-hydrogen) atoms. The summed E-state index contributed by atoms with van der Waals surface area (Å²) in [5.41, 5.74) is 9.35. The number of pyridine rings is 1. The minimum absolute atomic E-state index is 0.428. The number of imidazole rings is 1. The van der Waals surface area contributed by atoms with Gasteiger partial charge in [0.1, 0.15) is 11.5 Å². The first-order valence-electron chi connectivity index (χ1n) is 6.18. The molecule has 0 saturated carbocycles. The van der Waals surface area contributed by atoms with Crippen molar-refractivity contribution in [3.8, 4) is 0 Å². The Morgan fingerprint density at radius 1 is 1.44 bits per heavy atom. The summed E-state index contributed by atoms with van der Waals surface area (Å²) in [5, 5.41) is 0. The van der Waals surface area contributed by atoms with Gasteiger partial charge in [0.2, 0.25) is 0 Å². The smallest absolute Gasteiger partial charge is 0.139 e. The zero-order valence-electron chi connectivity index (χ0n) is 10.3. The molecule has 0 amide bonds. The summed E-state index contributed by atoms with van der Waals surface area (Å²) in [6.07, 6.45) is 4.01. The SMILES string of the molecule is Cc1cc2nc(C3CCOCC3)c(N)n2cc1Br. The number of nitrogens with two attached hydrogens (primary N) is 1. The van der Waals surface area contributed by atoms with Gasteiger partial charge in [-0.2, -0.15) is 0 Å². The zero-order valence-corrected chi connectivity index (χ0v) is 11.9. The van der Waals surface area contributed by atoms with Crippen molar-refractivity contribution in [3.63, 3.8) is 0 Å². The van der Waals surface area contributed by atoms with E-state index < -0.39 is 0 Å². The number of halogens is 1. The molecule has 2 aromatic rings. The van der Waals surface area contributed by atoms with Crippen LogP contribution in [0.3, 0.4) is 0 Å². The molecule has 96 valence electrons. The van der Waals surface area contributed by atoms with Crippen LogP contribution in [0.2, 0.25) is 0 Å². The molecule has 1 saturated heterocycles. The summed E-state index contributed by atoms with van der Waals surface area (Å²) < 4.78 is 8.40. The van der Waals surface area contributed by atoms with Crippen molar-refractivity contribution >= 4 is 27.4 Å². The lowest BCUT2D eigenvalue weighted by Crippen LogP contribution is -2.15. The van der Waals surface area contributed by atoms with E-state index in [9.17, 15) is 0 Å². The first-order chi connectivity index (χ1) is 8.66. The Morgan fingerprint density at radius 2 is 2.17 bits per heavy atom. The van der Waals surface area contributed by atoms with Gasteiger partial charge in [-0.05, 0) is 47.3 Å². The van der Waals surface area contributed by atoms with E-state index in [-0.39, 0.29) is 0 Å². The van der Waals surface area contributed by atoms with Gasteiger partial charge in [-0.15, -0.1) is 0 Å². The number of hydrogen-bond acceptors (Lipinski definition) is 3. The monoisotopic (exact) mass is 309 g/mol. The van der Waals surface area contributed by atoms with Gasteiger partial charge in [-0.25, -0.2) is 4.98 Å². The molecule has 0 aliphatic carbocycles. The number of ether oxygens (including phenoxy) is 1. The lowest BCUT2D eigenvalue weighted by molar-refractivity contribution is 0.0847. The molecule has 2 N–H and O–H groups in total. The summed E-state index contributed by atoms with van der Waals surface area (Å²) >= 11 is 3.53. The maximum Gasteiger partial charge on any atom is 0.139 e. The Bertz CT molecular complexity index is 587. The van der Waals surface area contributed by atoms with E-state index in [0.717, 1.165) is 47.7 Å². The normalized spacial score (nSPS) is 17.4. The summed E-state index contributed by atoms with van der Waals surface area (Å²) in [6, 6.07) is 2.06. The van der Waals surface area contributed by atoms with E-state index >= 15 is 0 Å². The fraction of sp³-hybridized carbons (Fsp3) is 0.462. The Balaban J connectivity index is 2.10. The van der Waals surface area contributed by atoms with Gasteiger partial charge >= 0.3 is 0 Å². The molecule has 0 spiro atoms. The standard InChI is InChI=1S/C13H16BrN3O/c1-8-6-11-16-12(9-2-4-18-5-3-9)13(15)17(11)7-10(8)14/h6-7,9H,2-5,15H2,1H3. The molecular formula is C13H16BrN3O. The molecule has 0 aromatic carbocycles. The van der Waals surface area contributed by atoms with Crippen LogP contribution in [-0.4, -0.2) is 22.6 Å². The van der Waals surface area contributed by atoms with Crippen molar-refractivity contribution in [3.05, 3.63) is 28.0 Å². The van der Waals surface area contributed by atoms with Crippen LogP contribution < -0.4 is 5.73 Å². The first kappa shape index (κ1) is 12.0. The van der Waals surface area contributed by atoms with Crippen molar-refractivity contribution in [2.75, 3.05) is 18.9 Å². The zero-order chi connectivity index (χ0) is 12.7. The number of hydrogen-bond donors (Lipinski definition) is 1. The molecule has 0 radical (unpaired) electrons. The van der Waals surface area contributed by atoms with Crippen molar-refractivity contribution in [1.82, 2.24) is 9.38 Å². The number of anilines is 1. The second-order valence-electron chi connectivity index (χ2n) is 4.80. The second kappa shape index (κ2) is 4.55. The van der Waals surface area contributed by atoms with E-state index in [4.69, 9.17) is 15.5 Å². The molecular weight excluding hydrogens is 294 g/mol. The third-order valence-electron chi connectivity index (χ3n) is 3.58. The van der Waals surface area contributed by atoms with E-state index in [1.165, 1.54) is 5.56 Å². The predicted molar refractivity (Wildman–Crippen MR) is 74.8 cm³/mol. The van der Waals surface area contributed by atoms with Crippen molar-refractivity contribution in [1.29, 1.82) is 0 Å². The summed E-state index contributed by atoms with van der Waals surface area (Å²) in [6.45, 7) is 3.67. The number of fused-ring (bicyclic) bond motifs is 1. The Labute approximate surface area is 114 Å². The van der Waals surface area contributed by atoms with E-state index in [2.05, 4.69) is 28.9 Å². The van der Waals surface area contributed by atoms with Crippen LogP contribution in [0.15, 0.2) is 16.7 Å². The Kier molecular flexibility index (Phi) is 3.03. The molecule has 1 aliphatic heterocycles. The molecule has 0 bridgehead atoms. The van der Waals surface area contributed by atoms with Crippen LogP contribution in [0, 0.1) is 6.92 Å². The lowest BCUT2D eigenvalue weighted by Gasteiger charge is -2.20. The van der Waals surface area contributed by atoms with Gasteiger partial charge in [0.05, 0.1) is 5.69 Å². The highest BCUT2D eigenvalue weighted by atomic mass is 79.9. The molecule has 5 heteroatoms. The molecule has 3 rings (SSSR count). The van der Waals surface area contributed by atoms with E-state index in [1.54, 1.807) is 0 Å². The third-order valence-corrected chi connectivity index (χ3v) is 4.41. The van der Waals surface area contributed by atoms with E-state index in [1.807, 2.05) is 10.6 Å². The highest BCUT2D eigenvalue weighted by Gasteiger charge is 2.22. The maximum atomic E-state index is 6.23. The number of rotatable bonds is 1. The van der Waals surface area contributed by atoms with Crippen LogP contribution in [0.25, 0.3) is 5.65 Å². The van der Waals surface area contributed by atoms with Gasteiger partial charge in [-0.3, -0.25) is 4.40 Å². The van der Waals surface area contributed by atoms with Crippen LogP contribution in [-0.2, 0) is 4.74 Å². The summed E-state index contributed by atoms with van der Waals surface area (Å²) in [4.78, 5) is 4.70. The quantitative estimate of drug-likeness (QED) is 0.881. The molecule has 0 atom stereocenters. The first-order valence-corrected chi connectivity index (χ1v) is 6.97. The number of aryl methyl sites for hydroxylation is 1. The molecule has 3 heterocycles. The molecule has 2 aromatic heterocycles. The average Bonchev–Trinajstić information content (AvgIpc) is 2.69. The predicted octanol–water partition coefficient (Wildman–Crippen LogP) is 2.88. The molecule has 0 unspecified atom stereocenters. The number of nitrogens with zero attached hydrogens (tertiary/aromatic N) is 2. The maximum absolute atomic E-state index is 6.23. The van der Waals surface area contributed by atoms with Gasteiger partial charge in [-0.1, -0.05) is 0 Å². The van der Waals surface area contributed by atoms with Crippen molar-refractivity contribution < 1.29 is 4.74 Å². The average molecular weight is 310 g/mol. The summed E-state index contributed by atoms with van der Waals surface area (Å²) in [7, 11) is 0. The Hall–Kier alpha value is -1.07. The third kappa shape index (κ3) is 1.91. The molecule has 1 aliphatic rings. The lowest BCUT2D eigenvalue weighted by atomic mass is 9.96. The largest absolute Gasteiger partial charge is 0.383 e. The van der Waals surface area contributed by atoms with Gasteiger partial charge < -0.3 is 10.5 Å². The molecule has 1 fully saturated rings. The second-order valence-corrected chi connectivity index (χ2v) is 5.66. The minimum Gasteiger partial charge on any atom is -0.383 e. The van der Waals surface area contributed by atoms with Crippen LogP contribution >= 0.6 is 15.9 Å². The Morgan fingerprint density at radius 3 is 2.89 bits per heavy atom. The topological polar surface area (TPSA) is 52.5 Å². The number of aromatic nitrogens is 2. The van der Waals surface area contributed by atoms with Crippen LogP contribution in [0.4, 0.5) is 5.82 Å². The molecule has 4 nitrogen and oxygen atoms in total. The van der Waals surface area contributed by atoms with Crippen molar-refractivity contribution in [2.24, 2.45) is 0 Å². The van der Waals surface area contributed by atoms with Gasteiger partial charge in [0, 0.05) is 29.8 Å². The van der Waals surface area contributed by atoms with Crippen molar-refractivity contribution in [2.45, 2.75) is 25.7 Å². The fourth-order valence-corrected chi connectivity index (χ4v) is 2.79. The highest BCUT2D eigenvalue weighted by molar-refractivity contribution is 9.10. The van der Waals surface area contributed by atoms with Gasteiger partial charge in [0.25, 0.3) is 0 Å². The summed E-state index contributed by atoms with van der Waals surface area (Å²) in [5.74, 6) is 1.19. The van der Waals surface area contributed by atoms with Crippen LogP contribution in [0.5, 0.6) is 0 Å². The van der Waals surface area contributed by atoms with Crippen LogP contribution in [0.1, 0.15) is 30.0 Å². The van der Waals surface area contributed by atoms with E-state index in [0.29, 0.717) is 5.92 Å².